The highest BCUT2D eigenvalue weighted by atomic mass is 32.2. The molecule has 30 heavy (non-hydrogen) atoms. The molecule has 1 aliphatic heterocycles. The van der Waals surface area contributed by atoms with Gasteiger partial charge in [0.2, 0.25) is 10.0 Å². The molecule has 5 rings (SSSR count). The van der Waals surface area contributed by atoms with Gasteiger partial charge in [-0.2, -0.15) is 4.31 Å². The van der Waals surface area contributed by atoms with E-state index in [-0.39, 0.29) is 5.92 Å². The third-order valence-electron chi connectivity index (χ3n) is 5.78. The van der Waals surface area contributed by atoms with Crippen molar-refractivity contribution in [3.63, 3.8) is 0 Å². The fourth-order valence-electron chi connectivity index (χ4n) is 4.17. The van der Waals surface area contributed by atoms with E-state index in [4.69, 9.17) is 4.74 Å². The van der Waals surface area contributed by atoms with E-state index in [0.29, 0.717) is 18.0 Å². The minimum Gasteiger partial charge on any atom is -0.497 e. The average molecular weight is 440 g/mol. The number of hydrogen-bond donors (Lipinski definition) is 0. The number of aromatic nitrogens is 2. The predicted molar refractivity (Wildman–Crippen MR) is 119 cm³/mol. The molecule has 0 radical (unpaired) electrons. The number of methoxy groups -OCH3 is 1. The molecule has 1 saturated heterocycles. The molecule has 154 valence electrons. The Morgan fingerprint density at radius 2 is 1.87 bits per heavy atom. The smallest absolute Gasteiger partial charge is 0.244 e. The molecule has 0 bridgehead atoms. The van der Waals surface area contributed by atoms with Crippen LogP contribution in [-0.4, -0.2) is 42.9 Å². The lowest BCUT2D eigenvalue weighted by molar-refractivity contribution is 0.318. The van der Waals surface area contributed by atoms with Gasteiger partial charge in [-0.05, 0) is 31.0 Å². The number of rotatable bonds is 4. The van der Waals surface area contributed by atoms with Crippen molar-refractivity contribution in [1.82, 2.24) is 14.3 Å². The third kappa shape index (κ3) is 3.25. The van der Waals surface area contributed by atoms with Gasteiger partial charge in [-0.25, -0.2) is 18.4 Å². The zero-order valence-corrected chi connectivity index (χ0v) is 18.1. The van der Waals surface area contributed by atoms with Crippen molar-refractivity contribution >= 4 is 42.3 Å². The molecule has 1 aliphatic rings. The van der Waals surface area contributed by atoms with E-state index in [9.17, 15) is 8.42 Å². The fraction of sp³-hybridized carbons (Fsp3) is 0.273. The minimum absolute atomic E-state index is 0.203. The molecule has 2 aromatic carbocycles. The molecule has 0 amide bonds. The first kappa shape index (κ1) is 19.4. The highest BCUT2D eigenvalue weighted by Crippen LogP contribution is 2.36. The van der Waals surface area contributed by atoms with Crippen molar-refractivity contribution in [3.8, 4) is 5.75 Å². The second-order valence-electron chi connectivity index (χ2n) is 7.42. The highest BCUT2D eigenvalue weighted by Gasteiger charge is 2.32. The summed E-state index contributed by atoms with van der Waals surface area (Å²) in [6.45, 7) is 0.970. The van der Waals surface area contributed by atoms with Gasteiger partial charge in [0.1, 0.15) is 17.0 Å². The lowest BCUT2D eigenvalue weighted by Gasteiger charge is -2.31. The van der Waals surface area contributed by atoms with Crippen molar-refractivity contribution < 1.29 is 13.2 Å². The van der Waals surface area contributed by atoms with Gasteiger partial charge in [-0.15, -0.1) is 11.3 Å². The van der Waals surface area contributed by atoms with Crippen LogP contribution in [-0.2, 0) is 10.0 Å². The second kappa shape index (κ2) is 7.61. The zero-order chi connectivity index (χ0) is 20.7. The Morgan fingerprint density at radius 1 is 1.07 bits per heavy atom. The molecule has 0 aliphatic carbocycles. The minimum atomic E-state index is -3.51. The fourth-order valence-corrected chi connectivity index (χ4v) is 7.12. The van der Waals surface area contributed by atoms with Crippen LogP contribution in [0.15, 0.2) is 59.1 Å². The summed E-state index contributed by atoms with van der Waals surface area (Å²) in [7, 11) is -1.87. The lowest BCUT2D eigenvalue weighted by Crippen LogP contribution is -2.38. The monoisotopic (exact) mass is 439 g/mol. The average Bonchev–Trinajstić information content (AvgIpc) is 3.23. The summed E-state index contributed by atoms with van der Waals surface area (Å²) in [5.74, 6) is 0.964. The first-order valence-corrected chi connectivity index (χ1v) is 12.1. The maximum Gasteiger partial charge on any atom is 0.244 e. The topological polar surface area (TPSA) is 72.4 Å². The molecule has 0 N–H and O–H groups in total. The van der Waals surface area contributed by atoms with Crippen molar-refractivity contribution in [1.29, 1.82) is 0 Å². The number of piperidine rings is 1. The van der Waals surface area contributed by atoms with E-state index in [0.717, 1.165) is 45.3 Å². The van der Waals surface area contributed by atoms with Gasteiger partial charge >= 0.3 is 0 Å². The van der Waals surface area contributed by atoms with Gasteiger partial charge in [0.25, 0.3) is 0 Å². The van der Waals surface area contributed by atoms with E-state index in [1.807, 2.05) is 42.5 Å². The second-order valence-corrected chi connectivity index (χ2v) is 10.2. The summed E-state index contributed by atoms with van der Waals surface area (Å²) < 4.78 is 34.5. The van der Waals surface area contributed by atoms with E-state index in [1.165, 1.54) is 11.3 Å². The summed E-state index contributed by atoms with van der Waals surface area (Å²) in [6, 6.07) is 13.5. The number of benzene rings is 2. The molecular weight excluding hydrogens is 418 g/mol. The Labute approximate surface area is 179 Å². The maximum atomic E-state index is 13.3. The van der Waals surface area contributed by atoms with Crippen molar-refractivity contribution in [2.24, 2.45) is 0 Å². The Balaban J connectivity index is 1.40. The third-order valence-corrected chi connectivity index (χ3v) is 8.83. The van der Waals surface area contributed by atoms with Crippen LogP contribution in [0.2, 0.25) is 0 Å². The summed E-state index contributed by atoms with van der Waals surface area (Å²) in [4.78, 5) is 9.33. The quantitative estimate of drug-likeness (QED) is 0.471. The van der Waals surface area contributed by atoms with Crippen LogP contribution in [0.1, 0.15) is 24.5 Å². The van der Waals surface area contributed by atoms with Gasteiger partial charge in [-0.1, -0.05) is 18.2 Å². The van der Waals surface area contributed by atoms with Crippen LogP contribution in [0, 0.1) is 0 Å². The van der Waals surface area contributed by atoms with Crippen molar-refractivity contribution in [3.05, 3.63) is 59.9 Å². The Hall–Kier alpha value is -2.55. The molecule has 0 unspecified atom stereocenters. The normalized spacial score (nSPS) is 16.3. The molecule has 0 spiro atoms. The zero-order valence-electron chi connectivity index (χ0n) is 16.5. The number of ether oxygens (including phenoxy) is 1. The summed E-state index contributed by atoms with van der Waals surface area (Å²) >= 11 is 1.47. The standard InChI is InChI=1S/C22H21N3O3S2/c1-28-16-6-7-17-19(12-16)23-14-24-22(17)15-8-10-25(11-9-15)30(26,27)21-13-29-20-5-3-2-4-18(20)21/h2-7,12-15H,8-11H2,1H3. The maximum absolute atomic E-state index is 13.3. The van der Waals surface area contributed by atoms with E-state index in [1.54, 1.807) is 23.1 Å². The summed E-state index contributed by atoms with van der Waals surface area (Å²) in [6.07, 6.45) is 3.05. The molecule has 3 heterocycles. The van der Waals surface area contributed by atoms with E-state index < -0.39 is 10.0 Å². The first-order valence-electron chi connectivity index (χ1n) is 9.83. The number of fused-ring (bicyclic) bond motifs is 2. The lowest BCUT2D eigenvalue weighted by atomic mass is 9.92. The highest BCUT2D eigenvalue weighted by molar-refractivity contribution is 7.89. The van der Waals surface area contributed by atoms with Crippen LogP contribution in [0.25, 0.3) is 21.0 Å². The Morgan fingerprint density at radius 3 is 2.67 bits per heavy atom. The number of hydrogen-bond acceptors (Lipinski definition) is 6. The Bertz CT molecular complexity index is 1330. The molecular formula is C22H21N3O3S2. The van der Waals surface area contributed by atoms with E-state index >= 15 is 0 Å². The Kier molecular flexibility index (Phi) is 4.92. The summed E-state index contributed by atoms with van der Waals surface area (Å²) in [5, 5.41) is 3.57. The molecule has 6 nitrogen and oxygen atoms in total. The number of thiophene rings is 1. The van der Waals surface area contributed by atoms with Gasteiger partial charge < -0.3 is 4.74 Å². The first-order chi connectivity index (χ1) is 14.6. The molecule has 0 saturated carbocycles. The van der Waals surface area contributed by atoms with Crippen molar-refractivity contribution in [2.45, 2.75) is 23.7 Å². The van der Waals surface area contributed by atoms with Gasteiger partial charge in [0.15, 0.2) is 0 Å². The van der Waals surface area contributed by atoms with Gasteiger partial charge in [-0.3, -0.25) is 0 Å². The van der Waals surface area contributed by atoms with Crippen LogP contribution in [0.4, 0.5) is 0 Å². The van der Waals surface area contributed by atoms with Crippen LogP contribution in [0.5, 0.6) is 5.75 Å². The van der Waals surface area contributed by atoms with Crippen LogP contribution in [0.3, 0.4) is 0 Å². The van der Waals surface area contributed by atoms with Gasteiger partial charge in [0.05, 0.1) is 18.3 Å². The molecule has 0 atom stereocenters. The number of nitrogens with zero attached hydrogens (tertiary/aromatic N) is 3. The largest absolute Gasteiger partial charge is 0.497 e. The molecule has 8 heteroatoms. The molecule has 2 aromatic heterocycles. The molecule has 1 fully saturated rings. The number of sulfonamides is 1. The van der Waals surface area contributed by atoms with Gasteiger partial charge in [0, 0.05) is 45.9 Å². The van der Waals surface area contributed by atoms with Crippen LogP contribution < -0.4 is 4.74 Å². The van der Waals surface area contributed by atoms with Crippen molar-refractivity contribution in [2.75, 3.05) is 20.2 Å². The molecule has 4 aromatic rings. The van der Waals surface area contributed by atoms with E-state index in [2.05, 4.69) is 9.97 Å². The summed E-state index contributed by atoms with van der Waals surface area (Å²) in [5.41, 5.74) is 1.83. The predicted octanol–water partition coefficient (Wildman–Crippen LogP) is 4.42. The SMILES string of the molecule is COc1ccc2c(C3CCN(S(=O)(=O)c4csc5ccccc45)CC3)ncnc2c1. The van der Waals surface area contributed by atoms with Crippen LogP contribution >= 0.6 is 11.3 Å².